The fourth-order valence-electron chi connectivity index (χ4n) is 2.50. The molecular weight excluding hydrogens is 495 g/mol. The van der Waals surface area contributed by atoms with Crippen LogP contribution in [0.1, 0.15) is 19.4 Å². The van der Waals surface area contributed by atoms with Crippen LogP contribution in [0.2, 0.25) is 0 Å². The molecule has 0 bridgehead atoms. The molecule has 2 rings (SSSR count). The smallest absolute Gasteiger partial charge is 0.221 e. The summed E-state index contributed by atoms with van der Waals surface area (Å²) in [6.45, 7) is 8.42. The minimum Gasteiger partial charge on any atom is -0.492 e. The van der Waals surface area contributed by atoms with Crippen molar-refractivity contribution in [1.29, 1.82) is 0 Å². The minimum atomic E-state index is -0.112. The molecule has 0 heterocycles. The SMILES string of the molecule is CCNC(=NCCOc1cccc(NC(C)=O)c1)NCCOc1ccc(C)cc1.I. The van der Waals surface area contributed by atoms with Gasteiger partial charge in [0.2, 0.25) is 5.91 Å². The van der Waals surface area contributed by atoms with Crippen LogP contribution < -0.4 is 25.4 Å². The molecule has 0 unspecified atom stereocenters. The largest absolute Gasteiger partial charge is 0.492 e. The van der Waals surface area contributed by atoms with Crippen LogP contribution in [0.25, 0.3) is 0 Å². The van der Waals surface area contributed by atoms with Crippen LogP contribution in [0.3, 0.4) is 0 Å². The monoisotopic (exact) mass is 526 g/mol. The number of amides is 1. The van der Waals surface area contributed by atoms with E-state index in [0.29, 0.717) is 37.7 Å². The van der Waals surface area contributed by atoms with Crippen molar-refractivity contribution in [3.8, 4) is 11.5 Å². The summed E-state index contributed by atoms with van der Waals surface area (Å²) in [5, 5.41) is 9.18. The van der Waals surface area contributed by atoms with Gasteiger partial charge in [-0.2, -0.15) is 0 Å². The van der Waals surface area contributed by atoms with Gasteiger partial charge in [0, 0.05) is 25.2 Å². The highest BCUT2D eigenvalue weighted by molar-refractivity contribution is 14.0. The Morgan fingerprint density at radius 2 is 1.73 bits per heavy atom. The summed E-state index contributed by atoms with van der Waals surface area (Å²) in [6.07, 6.45) is 0. The number of aliphatic imine (C=N–C) groups is 1. The van der Waals surface area contributed by atoms with E-state index in [4.69, 9.17) is 9.47 Å². The van der Waals surface area contributed by atoms with Crippen molar-refractivity contribution < 1.29 is 14.3 Å². The lowest BCUT2D eigenvalue weighted by molar-refractivity contribution is -0.114. The van der Waals surface area contributed by atoms with Crippen molar-refractivity contribution in [1.82, 2.24) is 10.6 Å². The second kappa shape index (κ2) is 14.5. The molecule has 0 aliphatic heterocycles. The minimum absolute atomic E-state index is 0. The molecule has 0 saturated heterocycles. The number of rotatable bonds is 10. The molecular formula is C22H31IN4O3. The average molecular weight is 526 g/mol. The Morgan fingerprint density at radius 3 is 2.43 bits per heavy atom. The van der Waals surface area contributed by atoms with Gasteiger partial charge in [-0.15, -0.1) is 24.0 Å². The number of halogens is 1. The number of carbonyl (C=O) groups is 1. The molecule has 0 fully saturated rings. The Labute approximate surface area is 195 Å². The van der Waals surface area contributed by atoms with E-state index in [1.165, 1.54) is 12.5 Å². The maximum Gasteiger partial charge on any atom is 0.221 e. The molecule has 2 aromatic rings. The molecule has 2 aromatic carbocycles. The number of hydrogen-bond donors (Lipinski definition) is 3. The summed E-state index contributed by atoms with van der Waals surface area (Å²) >= 11 is 0. The summed E-state index contributed by atoms with van der Waals surface area (Å²) in [5.74, 6) is 2.15. The van der Waals surface area contributed by atoms with Crippen molar-refractivity contribution in [2.24, 2.45) is 4.99 Å². The number of nitrogens with one attached hydrogen (secondary N) is 3. The molecule has 0 atom stereocenters. The maximum absolute atomic E-state index is 11.1. The van der Waals surface area contributed by atoms with Gasteiger partial charge in [-0.3, -0.25) is 4.79 Å². The number of guanidine groups is 1. The third kappa shape index (κ3) is 10.3. The predicted octanol–water partition coefficient (Wildman–Crippen LogP) is 3.58. The predicted molar refractivity (Wildman–Crippen MR) is 132 cm³/mol. The Morgan fingerprint density at radius 1 is 1.00 bits per heavy atom. The highest BCUT2D eigenvalue weighted by atomic mass is 127. The highest BCUT2D eigenvalue weighted by Gasteiger charge is 2.00. The standard InChI is InChI=1S/C22H30N4O3.HI/c1-4-23-22(24-12-14-28-20-10-8-17(2)9-11-20)25-13-15-29-21-7-5-6-19(16-21)26-18(3)27;/h5-11,16H,4,12-15H2,1-3H3,(H,26,27)(H2,23,24,25);1H. The fourth-order valence-corrected chi connectivity index (χ4v) is 2.50. The number of ether oxygens (including phenoxy) is 2. The molecule has 0 aliphatic rings. The van der Waals surface area contributed by atoms with Gasteiger partial charge in [-0.1, -0.05) is 23.8 Å². The Hall–Kier alpha value is -2.49. The molecule has 0 radical (unpaired) electrons. The van der Waals surface area contributed by atoms with Crippen molar-refractivity contribution in [3.63, 3.8) is 0 Å². The average Bonchev–Trinajstić information content (AvgIpc) is 2.69. The van der Waals surface area contributed by atoms with Crippen LogP contribution >= 0.6 is 24.0 Å². The molecule has 8 heteroatoms. The summed E-state index contributed by atoms with van der Waals surface area (Å²) in [5.41, 5.74) is 1.92. The molecule has 0 spiro atoms. The van der Waals surface area contributed by atoms with Gasteiger partial charge in [-0.05, 0) is 38.1 Å². The van der Waals surface area contributed by atoms with Crippen LogP contribution in [0, 0.1) is 6.92 Å². The van der Waals surface area contributed by atoms with Crippen molar-refractivity contribution in [2.75, 3.05) is 38.2 Å². The zero-order valence-electron chi connectivity index (χ0n) is 17.7. The molecule has 0 aliphatic carbocycles. The quantitative estimate of drug-likeness (QED) is 0.191. The normalized spacial score (nSPS) is 10.6. The Balaban J connectivity index is 0.00000450. The Bertz CT molecular complexity index is 797. The number of aryl methyl sites for hydroxylation is 1. The second-order valence-electron chi connectivity index (χ2n) is 6.41. The fraction of sp³-hybridized carbons (Fsp3) is 0.364. The molecule has 7 nitrogen and oxygen atoms in total. The van der Waals surface area contributed by atoms with E-state index in [1.54, 1.807) is 6.07 Å². The van der Waals surface area contributed by atoms with Gasteiger partial charge in [0.05, 0.1) is 13.1 Å². The van der Waals surface area contributed by atoms with Gasteiger partial charge in [-0.25, -0.2) is 4.99 Å². The lowest BCUT2D eigenvalue weighted by Crippen LogP contribution is -2.39. The number of nitrogens with zero attached hydrogens (tertiary/aromatic N) is 1. The van der Waals surface area contributed by atoms with Crippen LogP contribution in [0.15, 0.2) is 53.5 Å². The van der Waals surface area contributed by atoms with Gasteiger partial charge >= 0.3 is 0 Å². The first-order valence-corrected chi connectivity index (χ1v) is 9.79. The molecule has 1 amide bonds. The molecule has 0 saturated carbocycles. The first-order valence-electron chi connectivity index (χ1n) is 9.79. The van der Waals surface area contributed by atoms with Gasteiger partial charge in [0.15, 0.2) is 5.96 Å². The van der Waals surface area contributed by atoms with Crippen LogP contribution in [-0.4, -0.2) is 44.7 Å². The van der Waals surface area contributed by atoms with E-state index >= 15 is 0 Å². The van der Waals surface area contributed by atoms with E-state index in [-0.39, 0.29) is 29.9 Å². The highest BCUT2D eigenvalue weighted by Crippen LogP contribution is 2.17. The van der Waals surface area contributed by atoms with Gasteiger partial charge < -0.3 is 25.4 Å². The van der Waals surface area contributed by atoms with Crippen LogP contribution in [0.4, 0.5) is 5.69 Å². The Kier molecular flexibility index (Phi) is 12.3. The topological polar surface area (TPSA) is 84.0 Å². The van der Waals surface area contributed by atoms with E-state index in [9.17, 15) is 4.79 Å². The van der Waals surface area contributed by atoms with Crippen molar-refractivity contribution in [2.45, 2.75) is 20.8 Å². The van der Waals surface area contributed by atoms with Crippen molar-refractivity contribution in [3.05, 3.63) is 54.1 Å². The van der Waals surface area contributed by atoms with Gasteiger partial charge in [0.1, 0.15) is 24.7 Å². The summed E-state index contributed by atoms with van der Waals surface area (Å²) < 4.78 is 11.4. The summed E-state index contributed by atoms with van der Waals surface area (Å²) in [6, 6.07) is 15.3. The van der Waals surface area contributed by atoms with E-state index in [1.807, 2.05) is 56.3 Å². The number of anilines is 1. The number of carbonyl (C=O) groups excluding carboxylic acids is 1. The lowest BCUT2D eigenvalue weighted by Gasteiger charge is -2.12. The van der Waals surface area contributed by atoms with E-state index in [2.05, 4.69) is 20.9 Å². The van der Waals surface area contributed by atoms with E-state index in [0.717, 1.165) is 18.3 Å². The third-order valence-electron chi connectivity index (χ3n) is 3.81. The molecule has 3 N–H and O–H groups in total. The van der Waals surface area contributed by atoms with Crippen LogP contribution in [-0.2, 0) is 4.79 Å². The zero-order chi connectivity index (χ0) is 20.9. The first kappa shape index (κ1) is 25.5. The number of benzene rings is 2. The molecule has 164 valence electrons. The molecule has 30 heavy (non-hydrogen) atoms. The van der Waals surface area contributed by atoms with Crippen LogP contribution in [0.5, 0.6) is 11.5 Å². The van der Waals surface area contributed by atoms with Gasteiger partial charge in [0.25, 0.3) is 0 Å². The zero-order valence-corrected chi connectivity index (χ0v) is 20.1. The van der Waals surface area contributed by atoms with Crippen molar-refractivity contribution >= 4 is 41.5 Å². The van der Waals surface area contributed by atoms with E-state index < -0.39 is 0 Å². The maximum atomic E-state index is 11.1. The summed E-state index contributed by atoms with van der Waals surface area (Å²) in [4.78, 5) is 15.6. The third-order valence-corrected chi connectivity index (χ3v) is 3.81. The molecule has 0 aromatic heterocycles. The second-order valence-corrected chi connectivity index (χ2v) is 6.41. The summed E-state index contributed by atoms with van der Waals surface area (Å²) in [7, 11) is 0. The lowest BCUT2D eigenvalue weighted by atomic mass is 10.2. The first-order chi connectivity index (χ1) is 14.1. The number of hydrogen-bond acceptors (Lipinski definition) is 4.